The monoisotopic (exact) mass is 192 g/mol. The minimum atomic E-state index is 0.137. The second-order valence-electron chi connectivity index (χ2n) is 2.94. The maximum Gasteiger partial charge on any atom is 0.126 e. The van der Waals surface area contributed by atoms with E-state index in [2.05, 4.69) is 13.5 Å². The van der Waals surface area contributed by atoms with Gasteiger partial charge in [0.15, 0.2) is 0 Å². The van der Waals surface area contributed by atoms with Crippen LogP contribution in [0.15, 0.2) is 41.5 Å². The minimum absolute atomic E-state index is 0.137. The van der Waals surface area contributed by atoms with Crippen molar-refractivity contribution in [1.82, 2.24) is 0 Å². The molecule has 1 aromatic rings. The van der Waals surface area contributed by atoms with Crippen LogP contribution in [0, 0.1) is 0 Å². The summed E-state index contributed by atoms with van der Waals surface area (Å²) in [6, 6.07) is 3.78. The van der Waals surface area contributed by atoms with E-state index in [1.165, 1.54) is 0 Å². The number of hydrogen-bond donors (Lipinski definition) is 0. The summed E-state index contributed by atoms with van der Waals surface area (Å²) in [5, 5.41) is 0. The lowest BCUT2D eigenvalue weighted by Gasteiger charge is -2.09. The summed E-state index contributed by atoms with van der Waals surface area (Å²) < 4.78 is 10.7. The van der Waals surface area contributed by atoms with Crippen LogP contribution in [0.1, 0.15) is 19.1 Å². The molecule has 0 amide bonds. The van der Waals surface area contributed by atoms with Crippen molar-refractivity contribution in [3.05, 3.63) is 42.9 Å². The summed E-state index contributed by atoms with van der Waals surface area (Å²) in [6.07, 6.45) is 8.43. The highest BCUT2D eigenvalue weighted by Crippen LogP contribution is 2.06. The first kappa shape index (κ1) is 10.8. The number of furan rings is 1. The Bertz CT molecular complexity index is 273. The SMILES string of the molecule is C=CCO[C@H](/C=C/c1ccco1)CC. The first-order valence-electron chi connectivity index (χ1n) is 4.81. The van der Waals surface area contributed by atoms with E-state index in [-0.39, 0.29) is 6.10 Å². The third-order valence-corrected chi connectivity index (χ3v) is 1.85. The molecule has 0 N–H and O–H groups in total. The second kappa shape index (κ2) is 6.22. The fourth-order valence-electron chi connectivity index (χ4n) is 1.09. The maximum atomic E-state index is 5.49. The Hall–Kier alpha value is -1.28. The van der Waals surface area contributed by atoms with Crippen molar-refractivity contribution >= 4 is 6.08 Å². The first-order valence-corrected chi connectivity index (χ1v) is 4.81. The Morgan fingerprint density at radius 3 is 3.07 bits per heavy atom. The van der Waals surface area contributed by atoms with Gasteiger partial charge in [-0.1, -0.05) is 19.1 Å². The zero-order valence-electron chi connectivity index (χ0n) is 8.48. The van der Waals surface area contributed by atoms with E-state index < -0.39 is 0 Å². The van der Waals surface area contributed by atoms with Gasteiger partial charge >= 0.3 is 0 Å². The van der Waals surface area contributed by atoms with Crippen LogP contribution in [-0.2, 0) is 4.74 Å². The van der Waals surface area contributed by atoms with Crippen molar-refractivity contribution in [3.8, 4) is 0 Å². The topological polar surface area (TPSA) is 22.4 Å². The molecule has 1 aromatic heterocycles. The van der Waals surface area contributed by atoms with Crippen molar-refractivity contribution in [2.75, 3.05) is 6.61 Å². The second-order valence-corrected chi connectivity index (χ2v) is 2.94. The standard InChI is InChI=1S/C12H16O2/c1-3-9-13-11(4-2)7-8-12-6-5-10-14-12/h3,5-8,10-11H,1,4,9H2,2H3/b8-7+/t11-/m0/s1. The Morgan fingerprint density at radius 1 is 1.64 bits per heavy atom. The van der Waals surface area contributed by atoms with Crippen LogP contribution in [0.2, 0.25) is 0 Å². The summed E-state index contributed by atoms with van der Waals surface area (Å²) >= 11 is 0. The van der Waals surface area contributed by atoms with Crippen LogP contribution in [0.5, 0.6) is 0 Å². The fourth-order valence-corrected chi connectivity index (χ4v) is 1.09. The smallest absolute Gasteiger partial charge is 0.126 e. The number of hydrogen-bond acceptors (Lipinski definition) is 2. The predicted octanol–water partition coefficient (Wildman–Crippen LogP) is 3.27. The van der Waals surface area contributed by atoms with E-state index >= 15 is 0 Å². The van der Waals surface area contributed by atoms with E-state index in [9.17, 15) is 0 Å². The molecule has 0 bridgehead atoms. The minimum Gasteiger partial charge on any atom is -0.465 e. The molecule has 0 unspecified atom stereocenters. The number of rotatable bonds is 6. The molecule has 1 atom stereocenters. The average Bonchev–Trinajstić information content (AvgIpc) is 2.71. The summed E-state index contributed by atoms with van der Waals surface area (Å²) in [4.78, 5) is 0. The van der Waals surface area contributed by atoms with E-state index in [1.807, 2.05) is 24.3 Å². The lowest BCUT2D eigenvalue weighted by atomic mass is 10.2. The molecule has 0 saturated heterocycles. The molecule has 2 nitrogen and oxygen atoms in total. The van der Waals surface area contributed by atoms with Crippen molar-refractivity contribution in [2.45, 2.75) is 19.4 Å². The molecule has 2 heteroatoms. The van der Waals surface area contributed by atoms with Gasteiger partial charge in [0.1, 0.15) is 5.76 Å². The van der Waals surface area contributed by atoms with Crippen molar-refractivity contribution in [2.24, 2.45) is 0 Å². The van der Waals surface area contributed by atoms with Crippen LogP contribution < -0.4 is 0 Å². The Morgan fingerprint density at radius 2 is 2.50 bits per heavy atom. The highest BCUT2D eigenvalue weighted by molar-refractivity contribution is 5.42. The molecular weight excluding hydrogens is 176 g/mol. The lowest BCUT2D eigenvalue weighted by molar-refractivity contribution is 0.107. The van der Waals surface area contributed by atoms with Crippen LogP contribution in [0.4, 0.5) is 0 Å². The molecule has 0 aliphatic rings. The van der Waals surface area contributed by atoms with E-state index in [0.29, 0.717) is 6.61 Å². The van der Waals surface area contributed by atoms with E-state index in [1.54, 1.807) is 12.3 Å². The summed E-state index contributed by atoms with van der Waals surface area (Å²) in [5.74, 6) is 0.852. The van der Waals surface area contributed by atoms with E-state index in [4.69, 9.17) is 9.15 Å². The highest BCUT2D eigenvalue weighted by Gasteiger charge is 1.99. The highest BCUT2D eigenvalue weighted by atomic mass is 16.5. The molecular formula is C12H16O2. The van der Waals surface area contributed by atoms with Crippen LogP contribution >= 0.6 is 0 Å². The molecule has 1 rings (SSSR count). The van der Waals surface area contributed by atoms with Gasteiger partial charge in [-0.05, 0) is 24.6 Å². The molecule has 14 heavy (non-hydrogen) atoms. The van der Waals surface area contributed by atoms with Gasteiger partial charge in [-0.2, -0.15) is 0 Å². The Labute approximate surface area is 84.9 Å². The van der Waals surface area contributed by atoms with Gasteiger partial charge in [-0.3, -0.25) is 0 Å². The van der Waals surface area contributed by atoms with Crippen molar-refractivity contribution in [1.29, 1.82) is 0 Å². The molecule has 1 heterocycles. The third kappa shape index (κ3) is 3.62. The lowest BCUT2D eigenvalue weighted by Crippen LogP contribution is -2.07. The van der Waals surface area contributed by atoms with Crippen LogP contribution in [0.3, 0.4) is 0 Å². The third-order valence-electron chi connectivity index (χ3n) is 1.85. The van der Waals surface area contributed by atoms with Gasteiger partial charge < -0.3 is 9.15 Å². The summed E-state index contributed by atoms with van der Waals surface area (Å²) in [7, 11) is 0. The first-order chi connectivity index (χ1) is 6.86. The molecule has 0 aromatic carbocycles. The average molecular weight is 192 g/mol. The molecule has 0 aliphatic heterocycles. The molecule has 0 saturated carbocycles. The van der Waals surface area contributed by atoms with Crippen molar-refractivity contribution in [3.63, 3.8) is 0 Å². The maximum absolute atomic E-state index is 5.49. The zero-order valence-corrected chi connectivity index (χ0v) is 8.48. The fraction of sp³-hybridized carbons (Fsp3) is 0.333. The van der Waals surface area contributed by atoms with Gasteiger partial charge in [0, 0.05) is 0 Å². The van der Waals surface area contributed by atoms with Gasteiger partial charge in [0.05, 0.1) is 19.0 Å². The van der Waals surface area contributed by atoms with Crippen LogP contribution in [-0.4, -0.2) is 12.7 Å². The van der Waals surface area contributed by atoms with Crippen LogP contribution in [0.25, 0.3) is 6.08 Å². The Balaban J connectivity index is 2.43. The van der Waals surface area contributed by atoms with Gasteiger partial charge in [-0.25, -0.2) is 0 Å². The summed E-state index contributed by atoms with van der Waals surface area (Å²) in [6.45, 7) is 6.28. The van der Waals surface area contributed by atoms with Gasteiger partial charge in [0.2, 0.25) is 0 Å². The quantitative estimate of drug-likeness (QED) is 0.645. The summed E-state index contributed by atoms with van der Waals surface area (Å²) in [5.41, 5.74) is 0. The van der Waals surface area contributed by atoms with Gasteiger partial charge in [-0.15, -0.1) is 6.58 Å². The Kier molecular flexibility index (Phi) is 4.79. The molecule has 0 spiro atoms. The predicted molar refractivity (Wildman–Crippen MR) is 58.0 cm³/mol. The van der Waals surface area contributed by atoms with Gasteiger partial charge in [0.25, 0.3) is 0 Å². The molecule has 76 valence electrons. The zero-order chi connectivity index (χ0) is 10.2. The number of ether oxygens (including phenoxy) is 1. The normalized spacial score (nSPS) is 13.2. The van der Waals surface area contributed by atoms with Crippen molar-refractivity contribution < 1.29 is 9.15 Å². The molecule has 0 fully saturated rings. The molecule has 0 radical (unpaired) electrons. The molecule has 0 aliphatic carbocycles. The largest absolute Gasteiger partial charge is 0.465 e. The van der Waals surface area contributed by atoms with E-state index in [0.717, 1.165) is 12.2 Å².